The fourth-order valence-electron chi connectivity index (χ4n) is 3.41. The molecule has 0 saturated carbocycles. The minimum Gasteiger partial charge on any atom is -0.316 e. The van der Waals surface area contributed by atoms with Gasteiger partial charge in [0.05, 0.1) is 0 Å². The molecular formula is C25H25ClN2O2. The van der Waals surface area contributed by atoms with Gasteiger partial charge in [-0.05, 0) is 59.9 Å². The molecule has 0 radical (unpaired) electrons. The number of aryl methyl sites for hydroxylation is 2. The van der Waals surface area contributed by atoms with Crippen molar-refractivity contribution in [2.45, 2.75) is 33.1 Å². The summed E-state index contributed by atoms with van der Waals surface area (Å²) in [7, 11) is 1.78. The van der Waals surface area contributed by atoms with Crippen molar-refractivity contribution in [3.63, 3.8) is 0 Å². The van der Waals surface area contributed by atoms with Crippen molar-refractivity contribution >= 4 is 29.0 Å². The number of anilines is 1. The number of Topliss-reactive ketones (excluding diaryl/α,β-unsaturated/α-hetero) is 1. The zero-order chi connectivity index (χ0) is 21.7. The number of nitrogens with zero attached hydrogens (tertiary/aromatic N) is 2. The number of amides is 1. The first-order valence-electron chi connectivity index (χ1n) is 10.0. The van der Waals surface area contributed by atoms with Crippen molar-refractivity contribution < 1.29 is 9.59 Å². The van der Waals surface area contributed by atoms with E-state index in [-0.39, 0.29) is 11.7 Å². The number of carbonyl (C=O) groups excluding carboxylic acids is 2. The molecule has 1 amide bonds. The summed E-state index contributed by atoms with van der Waals surface area (Å²) >= 11 is 6.08. The molecule has 3 rings (SSSR count). The van der Waals surface area contributed by atoms with E-state index >= 15 is 0 Å². The summed E-state index contributed by atoms with van der Waals surface area (Å²) in [6.45, 7) is 3.86. The molecule has 0 spiro atoms. The van der Waals surface area contributed by atoms with Crippen LogP contribution in [0.4, 0.5) is 5.69 Å². The number of carbonyl (C=O) groups is 2. The third-order valence-corrected chi connectivity index (χ3v) is 5.59. The van der Waals surface area contributed by atoms with Crippen LogP contribution in [0.2, 0.25) is 5.15 Å². The van der Waals surface area contributed by atoms with Gasteiger partial charge in [-0.25, -0.2) is 4.98 Å². The molecule has 0 unspecified atom stereocenters. The van der Waals surface area contributed by atoms with E-state index in [0.717, 1.165) is 27.9 Å². The first kappa shape index (κ1) is 21.7. The van der Waals surface area contributed by atoms with Crippen molar-refractivity contribution in [2.24, 2.45) is 0 Å². The van der Waals surface area contributed by atoms with Crippen LogP contribution in [0.1, 0.15) is 41.3 Å². The van der Waals surface area contributed by atoms with E-state index in [0.29, 0.717) is 30.0 Å². The highest BCUT2D eigenvalue weighted by Crippen LogP contribution is 2.27. The Kier molecular flexibility index (Phi) is 7.01. The molecule has 0 aliphatic carbocycles. The Balaban J connectivity index is 1.72. The summed E-state index contributed by atoms with van der Waals surface area (Å²) in [5, 5.41) is 0.451. The second kappa shape index (κ2) is 9.68. The maximum absolute atomic E-state index is 12.6. The number of rotatable bonds is 7. The monoisotopic (exact) mass is 420 g/mol. The minimum atomic E-state index is 0.0781. The highest BCUT2D eigenvalue weighted by molar-refractivity contribution is 6.30. The van der Waals surface area contributed by atoms with Gasteiger partial charge in [0.25, 0.3) is 0 Å². The second-order valence-corrected chi connectivity index (χ2v) is 7.62. The quantitative estimate of drug-likeness (QED) is 0.353. The summed E-state index contributed by atoms with van der Waals surface area (Å²) in [6.07, 6.45) is 3.07. The third-order valence-electron chi connectivity index (χ3n) is 5.25. The Morgan fingerprint density at radius 2 is 1.80 bits per heavy atom. The number of ketones is 1. The van der Waals surface area contributed by atoms with E-state index in [9.17, 15) is 9.59 Å². The second-order valence-electron chi connectivity index (χ2n) is 7.26. The van der Waals surface area contributed by atoms with Gasteiger partial charge in [0.15, 0.2) is 5.78 Å². The van der Waals surface area contributed by atoms with Gasteiger partial charge in [-0.3, -0.25) is 9.59 Å². The lowest BCUT2D eigenvalue weighted by Crippen LogP contribution is -2.24. The molecule has 30 heavy (non-hydrogen) atoms. The molecule has 1 aromatic heterocycles. The van der Waals surface area contributed by atoms with Crippen LogP contribution in [0.3, 0.4) is 0 Å². The summed E-state index contributed by atoms with van der Waals surface area (Å²) in [5.41, 5.74) is 5.59. The molecule has 0 aliphatic heterocycles. The molecule has 4 nitrogen and oxygen atoms in total. The van der Waals surface area contributed by atoms with E-state index in [4.69, 9.17) is 11.6 Å². The van der Waals surface area contributed by atoms with Crippen molar-refractivity contribution in [1.29, 1.82) is 0 Å². The van der Waals surface area contributed by atoms with Gasteiger partial charge < -0.3 is 4.90 Å². The van der Waals surface area contributed by atoms with Gasteiger partial charge in [0.2, 0.25) is 5.91 Å². The Labute approximate surface area is 182 Å². The van der Waals surface area contributed by atoms with E-state index in [2.05, 4.69) is 4.98 Å². The first-order valence-corrected chi connectivity index (χ1v) is 10.4. The van der Waals surface area contributed by atoms with Crippen LogP contribution in [0.5, 0.6) is 0 Å². The van der Waals surface area contributed by atoms with Gasteiger partial charge in [0, 0.05) is 37.3 Å². The minimum absolute atomic E-state index is 0.0781. The number of halogens is 1. The number of aromatic nitrogens is 1. The Morgan fingerprint density at radius 1 is 1.07 bits per heavy atom. The molecule has 0 atom stereocenters. The van der Waals surface area contributed by atoms with Gasteiger partial charge in [-0.1, -0.05) is 48.9 Å². The topological polar surface area (TPSA) is 50.3 Å². The van der Waals surface area contributed by atoms with Crippen LogP contribution in [-0.2, 0) is 11.2 Å². The van der Waals surface area contributed by atoms with E-state index < -0.39 is 0 Å². The molecule has 0 saturated heterocycles. The maximum atomic E-state index is 12.6. The smallest absolute Gasteiger partial charge is 0.226 e. The van der Waals surface area contributed by atoms with Gasteiger partial charge in [0.1, 0.15) is 5.15 Å². The van der Waals surface area contributed by atoms with Crippen molar-refractivity contribution in [1.82, 2.24) is 4.98 Å². The van der Waals surface area contributed by atoms with Crippen LogP contribution in [0, 0.1) is 6.92 Å². The van der Waals surface area contributed by atoms with Crippen molar-refractivity contribution in [2.75, 3.05) is 11.9 Å². The van der Waals surface area contributed by atoms with E-state index in [1.807, 2.05) is 68.4 Å². The lowest BCUT2D eigenvalue weighted by molar-refractivity contribution is -0.118. The molecule has 0 N–H and O–H groups in total. The average Bonchev–Trinajstić information content (AvgIpc) is 2.77. The third kappa shape index (κ3) is 4.95. The normalized spacial score (nSPS) is 10.7. The van der Waals surface area contributed by atoms with Gasteiger partial charge in [-0.2, -0.15) is 0 Å². The first-order chi connectivity index (χ1) is 14.4. The maximum Gasteiger partial charge on any atom is 0.226 e. The van der Waals surface area contributed by atoms with Gasteiger partial charge >= 0.3 is 0 Å². The summed E-state index contributed by atoms with van der Waals surface area (Å²) in [4.78, 5) is 30.2. The van der Waals surface area contributed by atoms with E-state index in [1.165, 1.54) is 0 Å². The Bertz CT molecular complexity index is 1060. The lowest BCUT2D eigenvalue weighted by atomic mass is 9.95. The largest absolute Gasteiger partial charge is 0.316 e. The van der Waals surface area contributed by atoms with Crippen molar-refractivity contribution in [3.05, 3.63) is 82.6 Å². The molecule has 3 aromatic rings. The SMILES string of the molecule is CCC(=O)N(C)c1ccc(-c2ccc(C(=O)CCc3cccnc3Cl)cc2C)cc1. The zero-order valence-corrected chi connectivity index (χ0v) is 18.2. The van der Waals surface area contributed by atoms with Crippen LogP contribution in [0.15, 0.2) is 60.8 Å². The number of hydrogen-bond donors (Lipinski definition) is 0. The summed E-state index contributed by atoms with van der Waals surface area (Å²) < 4.78 is 0. The highest BCUT2D eigenvalue weighted by atomic mass is 35.5. The van der Waals surface area contributed by atoms with Gasteiger partial charge in [-0.15, -0.1) is 0 Å². The highest BCUT2D eigenvalue weighted by Gasteiger charge is 2.12. The molecule has 1 heterocycles. The molecule has 0 aliphatic rings. The molecule has 2 aromatic carbocycles. The molecule has 0 fully saturated rings. The average molecular weight is 421 g/mol. The van der Waals surface area contributed by atoms with Crippen LogP contribution >= 0.6 is 11.6 Å². The predicted molar refractivity (Wildman–Crippen MR) is 122 cm³/mol. The molecular weight excluding hydrogens is 396 g/mol. The van der Waals surface area contributed by atoms with E-state index in [1.54, 1.807) is 18.1 Å². The van der Waals surface area contributed by atoms with Crippen LogP contribution < -0.4 is 4.90 Å². The molecule has 5 heteroatoms. The summed E-state index contributed by atoms with van der Waals surface area (Å²) in [6, 6.07) is 17.4. The predicted octanol–water partition coefficient (Wildman–Crippen LogP) is 5.90. The fourth-order valence-corrected chi connectivity index (χ4v) is 3.62. The lowest BCUT2D eigenvalue weighted by Gasteiger charge is -2.17. The fraction of sp³-hybridized carbons (Fsp3) is 0.240. The molecule has 0 bridgehead atoms. The van der Waals surface area contributed by atoms with Crippen LogP contribution in [0.25, 0.3) is 11.1 Å². The number of hydrogen-bond acceptors (Lipinski definition) is 3. The van der Waals surface area contributed by atoms with Crippen molar-refractivity contribution in [3.8, 4) is 11.1 Å². The standard InChI is InChI=1S/C25H25ClN2O2/c1-4-24(30)28(3)21-11-7-18(8-12-21)22-13-9-20(16-17(22)2)23(29)14-10-19-6-5-15-27-25(19)26/h5-9,11-13,15-16H,4,10,14H2,1-3H3. The summed E-state index contributed by atoms with van der Waals surface area (Å²) in [5.74, 6) is 0.161. The number of pyridine rings is 1. The Morgan fingerprint density at radius 3 is 2.43 bits per heavy atom. The number of benzene rings is 2. The molecule has 154 valence electrons. The Hall–Kier alpha value is -2.98. The zero-order valence-electron chi connectivity index (χ0n) is 17.5. The van der Waals surface area contributed by atoms with Crippen LogP contribution in [-0.4, -0.2) is 23.7 Å².